The second-order valence-corrected chi connectivity index (χ2v) is 16.0. The van der Waals surface area contributed by atoms with Gasteiger partial charge in [0.05, 0.1) is 0 Å². The first kappa shape index (κ1) is 34.5. The molecule has 5 rings (SSSR count). The van der Waals surface area contributed by atoms with Crippen LogP contribution in [0.3, 0.4) is 0 Å². The highest BCUT2D eigenvalue weighted by molar-refractivity contribution is 7.48. The van der Waals surface area contributed by atoms with E-state index in [2.05, 4.69) is 175 Å². The fraction of sp³-hybridized carbons (Fsp3) is 0.318. The predicted molar refractivity (Wildman–Crippen MR) is 205 cm³/mol. The Balaban J connectivity index is 1.61. The number of rotatable bonds is 13. The van der Waals surface area contributed by atoms with Gasteiger partial charge in [-0.3, -0.25) is 0 Å². The van der Waals surface area contributed by atoms with Gasteiger partial charge in [-0.25, -0.2) is 0 Å². The monoisotopic (exact) mass is 641 g/mol. The molecule has 0 saturated heterocycles. The number of nitrogens with zero attached hydrogens (tertiary/aromatic N) is 1. The van der Waals surface area contributed by atoms with Gasteiger partial charge in [0, 0.05) is 28.6 Å². The van der Waals surface area contributed by atoms with Crippen LogP contribution in [-0.4, -0.2) is 0 Å². The molecule has 0 saturated carbocycles. The SMILES string of the molecule is CCCCC(C)(Pc1c(C)cccc1CN(c1ccccc1)c1ccccc1)c1cc(C(C)(C)C)cc(C)c1OCc1ccccc1. The van der Waals surface area contributed by atoms with Crippen LogP contribution in [-0.2, 0) is 23.7 Å². The van der Waals surface area contributed by atoms with Gasteiger partial charge in [-0.1, -0.05) is 153 Å². The first-order valence-electron chi connectivity index (χ1n) is 17.2. The standard InChI is InChI=1S/C44H52NOP/c1-8-9-28-44(7,40-30-37(43(4,5)6)29-34(3)41(40)46-32-35-21-13-10-14-22-35)47-42-33(2)20-19-23-36(42)31-45(38-24-15-11-16-25-38)39-26-17-12-18-27-39/h10-27,29-30,47H,8-9,28,31-32H2,1-7H3. The van der Waals surface area contributed by atoms with Crippen LogP contribution < -0.4 is 14.9 Å². The largest absolute Gasteiger partial charge is 0.488 e. The molecule has 0 N–H and O–H groups in total. The molecule has 0 bridgehead atoms. The zero-order valence-electron chi connectivity index (χ0n) is 29.4. The molecule has 5 aromatic carbocycles. The summed E-state index contributed by atoms with van der Waals surface area (Å²) in [5.41, 5.74) is 10.3. The molecule has 2 nitrogen and oxygen atoms in total. The van der Waals surface area contributed by atoms with E-state index in [1.165, 1.54) is 56.5 Å². The molecule has 0 aliphatic rings. The minimum Gasteiger partial charge on any atom is -0.488 e. The maximum Gasteiger partial charge on any atom is 0.126 e. The van der Waals surface area contributed by atoms with Crippen molar-refractivity contribution in [3.63, 3.8) is 0 Å². The Kier molecular flexibility index (Phi) is 11.3. The van der Waals surface area contributed by atoms with Gasteiger partial charge in [0.1, 0.15) is 12.4 Å². The molecule has 0 spiro atoms. The lowest BCUT2D eigenvalue weighted by molar-refractivity contribution is 0.296. The molecular weight excluding hydrogens is 589 g/mol. The summed E-state index contributed by atoms with van der Waals surface area (Å²) in [4.78, 5) is 2.45. The molecular formula is C44H52NOP. The van der Waals surface area contributed by atoms with Crippen molar-refractivity contribution in [2.45, 2.75) is 91.5 Å². The first-order chi connectivity index (χ1) is 22.6. The van der Waals surface area contributed by atoms with E-state index in [-0.39, 0.29) is 10.6 Å². The third-order valence-electron chi connectivity index (χ3n) is 9.22. The summed E-state index contributed by atoms with van der Waals surface area (Å²) in [5.74, 6) is 1.05. The van der Waals surface area contributed by atoms with Crippen molar-refractivity contribution in [2.75, 3.05) is 4.90 Å². The van der Waals surface area contributed by atoms with Crippen LogP contribution in [0.1, 0.15) is 87.3 Å². The first-order valence-corrected chi connectivity index (χ1v) is 18.2. The maximum absolute atomic E-state index is 6.82. The minimum atomic E-state index is -0.0980. The van der Waals surface area contributed by atoms with Gasteiger partial charge < -0.3 is 9.64 Å². The minimum absolute atomic E-state index is 0.0337. The Bertz CT molecular complexity index is 1690. The quantitative estimate of drug-likeness (QED) is 0.119. The Morgan fingerprint density at radius 1 is 0.681 bits per heavy atom. The highest BCUT2D eigenvalue weighted by atomic mass is 31.1. The van der Waals surface area contributed by atoms with Crippen LogP contribution in [0.5, 0.6) is 5.75 Å². The molecule has 0 radical (unpaired) electrons. The average molecular weight is 642 g/mol. The Morgan fingerprint density at radius 3 is 1.85 bits per heavy atom. The zero-order valence-corrected chi connectivity index (χ0v) is 30.4. The number of unbranched alkanes of at least 4 members (excludes halogenated alkanes) is 1. The van der Waals surface area contributed by atoms with E-state index in [9.17, 15) is 0 Å². The molecule has 47 heavy (non-hydrogen) atoms. The number of benzene rings is 5. The van der Waals surface area contributed by atoms with Crippen molar-refractivity contribution in [1.82, 2.24) is 0 Å². The van der Waals surface area contributed by atoms with Gasteiger partial charge >= 0.3 is 0 Å². The Hall–Kier alpha value is -3.87. The third-order valence-corrected chi connectivity index (χ3v) is 11.3. The number of ether oxygens (including phenoxy) is 1. The smallest absolute Gasteiger partial charge is 0.126 e. The Morgan fingerprint density at radius 2 is 1.28 bits per heavy atom. The van der Waals surface area contributed by atoms with Crippen LogP contribution in [0, 0.1) is 13.8 Å². The molecule has 244 valence electrons. The molecule has 0 fully saturated rings. The van der Waals surface area contributed by atoms with Crippen LogP contribution in [0.15, 0.2) is 121 Å². The molecule has 3 heteroatoms. The van der Waals surface area contributed by atoms with Crippen molar-refractivity contribution < 1.29 is 4.74 Å². The number of aryl methyl sites for hydroxylation is 2. The van der Waals surface area contributed by atoms with Crippen LogP contribution in [0.25, 0.3) is 0 Å². The van der Waals surface area contributed by atoms with E-state index in [0.29, 0.717) is 15.2 Å². The lowest BCUT2D eigenvalue weighted by Crippen LogP contribution is -2.27. The second-order valence-electron chi connectivity index (χ2n) is 14.1. The lowest BCUT2D eigenvalue weighted by atomic mass is 9.82. The average Bonchev–Trinajstić information content (AvgIpc) is 3.07. The predicted octanol–water partition coefficient (Wildman–Crippen LogP) is 11.9. The van der Waals surface area contributed by atoms with Crippen LogP contribution in [0.4, 0.5) is 11.4 Å². The molecule has 5 aromatic rings. The second kappa shape index (κ2) is 15.4. The summed E-state index contributed by atoms with van der Waals surface area (Å²) in [6.45, 7) is 17.7. The van der Waals surface area contributed by atoms with E-state index < -0.39 is 0 Å². The summed E-state index contributed by atoms with van der Waals surface area (Å²) >= 11 is 0. The highest BCUT2D eigenvalue weighted by Gasteiger charge is 2.34. The van der Waals surface area contributed by atoms with E-state index >= 15 is 0 Å². The van der Waals surface area contributed by atoms with Crippen molar-refractivity contribution in [1.29, 1.82) is 0 Å². The van der Waals surface area contributed by atoms with Gasteiger partial charge in [-0.2, -0.15) is 0 Å². The highest BCUT2D eigenvalue weighted by Crippen LogP contribution is 2.51. The molecule has 0 aromatic heterocycles. The summed E-state index contributed by atoms with van der Waals surface area (Å²) in [6, 6.07) is 43.8. The summed E-state index contributed by atoms with van der Waals surface area (Å²) in [7, 11) is 0.585. The number of anilines is 2. The van der Waals surface area contributed by atoms with Gasteiger partial charge in [0.2, 0.25) is 0 Å². The fourth-order valence-corrected chi connectivity index (χ4v) is 8.14. The number of hydrogen-bond acceptors (Lipinski definition) is 2. The van der Waals surface area contributed by atoms with Crippen molar-refractivity contribution in [2.24, 2.45) is 0 Å². The summed E-state index contributed by atoms with van der Waals surface area (Å²) in [5, 5.41) is 1.37. The van der Waals surface area contributed by atoms with Gasteiger partial charge in [-0.15, -0.1) is 0 Å². The zero-order chi connectivity index (χ0) is 33.4. The number of hydrogen-bond donors (Lipinski definition) is 0. The van der Waals surface area contributed by atoms with Gasteiger partial charge in [0.15, 0.2) is 0 Å². The van der Waals surface area contributed by atoms with E-state index in [1.807, 2.05) is 0 Å². The van der Waals surface area contributed by atoms with Crippen molar-refractivity contribution in [3.05, 3.63) is 155 Å². The third kappa shape index (κ3) is 8.54. The molecule has 0 amide bonds. The molecule has 0 aliphatic carbocycles. The molecule has 0 aliphatic heterocycles. The summed E-state index contributed by atoms with van der Waals surface area (Å²) < 4.78 is 6.82. The Labute approximate surface area is 286 Å². The molecule has 0 heterocycles. The molecule has 2 atom stereocenters. The topological polar surface area (TPSA) is 12.5 Å². The van der Waals surface area contributed by atoms with Crippen LogP contribution >= 0.6 is 8.58 Å². The van der Waals surface area contributed by atoms with Crippen molar-refractivity contribution in [3.8, 4) is 5.75 Å². The number of para-hydroxylation sites is 2. The van der Waals surface area contributed by atoms with Crippen molar-refractivity contribution >= 4 is 25.3 Å². The van der Waals surface area contributed by atoms with Gasteiger partial charge in [-0.05, 0) is 83.1 Å². The lowest BCUT2D eigenvalue weighted by Gasteiger charge is -2.36. The normalized spacial score (nSPS) is 13.1. The fourth-order valence-electron chi connectivity index (χ4n) is 6.37. The van der Waals surface area contributed by atoms with E-state index in [1.54, 1.807) is 0 Å². The maximum atomic E-state index is 6.82. The van der Waals surface area contributed by atoms with Gasteiger partial charge in [0.25, 0.3) is 0 Å². The van der Waals surface area contributed by atoms with Crippen LogP contribution in [0.2, 0.25) is 0 Å². The van der Waals surface area contributed by atoms with E-state index in [4.69, 9.17) is 4.74 Å². The summed E-state index contributed by atoms with van der Waals surface area (Å²) in [6.07, 6.45) is 3.43. The van der Waals surface area contributed by atoms with E-state index in [0.717, 1.165) is 25.1 Å². The molecule has 2 unspecified atom stereocenters.